The molecular weight excluding hydrogens is 276 g/mol. The van der Waals surface area contributed by atoms with Gasteiger partial charge in [-0.15, -0.1) is 0 Å². The molecule has 4 nitrogen and oxygen atoms in total. The van der Waals surface area contributed by atoms with Crippen LogP contribution in [0.2, 0.25) is 0 Å². The van der Waals surface area contributed by atoms with Crippen molar-refractivity contribution in [2.45, 2.75) is 40.0 Å². The van der Waals surface area contributed by atoms with Crippen molar-refractivity contribution in [2.24, 2.45) is 0 Å². The maximum atomic E-state index is 12.4. The zero-order valence-corrected chi connectivity index (χ0v) is 12.3. The van der Waals surface area contributed by atoms with Gasteiger partial charge in [-0.2, -0.15) is 13.9 Å². The summed E-state index contributed by atoms with van der Waals surface area (Å²) in [5.41, 5.74) is 3.74. The van der Waals surface area contributed by atoms with E-state index in [0.717, 1.165) is 17.0 Å². The molecule has 2 aromatic rings. The monoisotopic (exact) mass is 295 g/mol. The summed E-state index contributed by atoms with van der Waals surface area (Å²) < 4.78 is 29.4. The van der Waals surface area contributed by atoms with Gasteiger partial charge in [0.15, 0.2) is 0 Å². The predicted octanol–water partition coefficient (Wildman–Crippen LogP) is 3.48. The Morgan fingerprint density at radius 3 is 2.62 bits per heavy atom. The number of alkyl halides is 2. The van der Waals surface area contributed by atoms with E-state index in [1.54, 1.807) is 24.3 Å². The zero-order chi connectivity index (χ0) is 15.4. The van der Waals surface area contributed by atoms with E-state index in [1.165, 1.54) is 0 Å². The number of hydrogen-bond acceptors (Lipinski definition) is 3. The van der Waals surface area contributed by atoms with Crippen molar-refractivity contribution in [1.29, 1.82) is 0 Å². The van der Waals surface area contributed by atoms with Gasteiger partial charge in [-0.05, 0) is 26.8 Å². The van der Waals surface area contributed by atoms with E-state index in [-0.39, 0.29) is 11.8 Å². The van der Waals surface area contributed by atoms with Crippen molar-refractivity contribution in [1.82, 2.24) is 15.5 Å². The number of benzene rings is 1. The Labute approximate surface area is 122 Å². The smallest absolute Gasteiger partial charge is 0.387 e. The normalized spacial score (nSPS) is 12.7. The summed E-state index contributed by atoms with van der Waals surface area (Å²) in [5.74, 6) is 0.202. The number of nitrogens with zero attached hydrogens (tertiary/aromatic N) is 1. The molecule has 0 amide bonds. The Morgan fingerprint density at radius 2 is 2.00 bits per heavy atom. The lowest BCUT2D eigenvalue weighted by Gasteiger charge is -2.18. The fourth-order valence-corrected chi connectivity index (χ4v) is 2.24. The van der Waals surface area contributed by atoms with E-state index in [9.17, 15) is 8.78 Å². The number of H-pyrrole nitrogens is 1. The summed E-state index contributed by atoms with van der Waals surface area (Å²) in [7, 11) is 0. The van der Waals surface area contributed by atoms with Gasteiger partial charge in [0.1, 0.15) is 5.75 Å². The lowest BCUT2D eigenvalue weighted by Crippen LogP contribution is -2.20. The highest BCUT2D eigenvalue weighted by molar-refractivity contribution is 5.36. The summed E-state index contributed by atoms with van der Waals surface area (Å²) in [6.45, 7) is 3.59. The summed E-state index contributed by atoms with van der Waals surface area (Å²) in [6, 6.07) is 6.70. The number of rotatable bonds is 6. The summed E-state index contributed by atoms with van der Waals surface area (Å²) in [6.07, 6.45) is 0. The van der Waals surface area contributed by atoms with Crippen molar-refractivity contribution >= 4 is 0 Å². The topological polar surface area (TPSA) is 49.9 Å². The van der Waals surface area contributed by atoms with Gasteiger partial charge in [0.2, 0.25) is 0 Å². The second-order valence-corrected chi connectivity index (χ2v) is 4.93. The van der Waals surface area contributed by atoms with Crippen LogP contribution in [0.25, 0.3) is 0 Å². The van der Waals surface area contributed by atoms with Crippen LogP contribution in [-0.4, -0.2) is 16.8 Å². The third-order valence-electron chi connectivity index (χ3n) is 3.47. The van der Waals surface area contributed by atoms with Crippen molar-refractivity contribution in [3.05, 3.63) is 46.8 Å². The lowest BCUT2D eigenvalue weighted by atomic mass is 10.1. The number of nitrogens with one attached hydrogen (secondary N) is 2. The minimum Gasteiger partial charge on any atom is -0.434 e. The quantitative estimate of drug-likeness (QED) is 0.858. The molecule has 0 saturated heterocycles. The third kappa shape index (κ3) is 3.78. The van der Waals surface area contributed by atoms with Gasteiger partial charge in [0.25, 0.3) is 0 Å². The molecule has 0 bridgehead atoms. The molecule has 0 aliphatic heterocycles. The maximum Gasteiger partial charge on any atom is 0.387 e. The van der Waals surface area contributed by atoms with E-state index >= 15 is 0 Å². The zero-order valence-electron chi connectivity index (χ0n) is 12.3. The molecule has 1 aromatic heterocycles. The van der Waals surface area contributed by atoms with Crippen LogP contribution in [-0.2, 0) is 6.54 Å². The Kier molecular flexibility index (Phi) is 4.90. The average Bonchev–Trinajstić information content (AvgIpc) is 2.75. The molecule has 1 aromatic carbocycles. The molecular formula is C15H19F2N3O. The van der Waals surface area contributed by atoms with Crippen molar-refractivity contribution in [3.8, 4) is 5.75 Å². The predicted molar refractivity (Wildman–Crippen MR) is 76.4 cm³/mol. The Bertz CT molecular complexity index is 579. The van der Waals surface area contributed by atoms with Crippen molar-refractivity contribution < 1.29 is 13.5 Å². The SMILES string of the molecule is Cc1n[nH]c(C)c1CNC(C)c1ccccc1OC(F)F. The van der Waals surface area contributed by atoms with Crippen LogP contribution in [0.15, 0.2) is 24.3 Å². The first-order chi connectivity index (χ1) is 9.99. The van der Waals surface area contributed by atoms with E-state index in [4.69, 9.17) is 0 Å². The molecule has 0 saturated carbocycles. The first-order valence-corrected chi connectivity index (χ1v) is 6.76. The summed E-state index contributed by atoms with van der Waals surface area (Å²) >= 11 is 0. The summed E-state index contributed by atoms with van der Waals surface area (Å²) in [5, 5.41) is 10.4. The van der Waals surface area contributed by atoms with Crippen LogP contribution in [0.3, 0.4) is 0 Å². The fraction of sp³-hybridized carbons (Fsp3) is 0.400. The molecule has 0 aliphatic rings. The van der Waals surface area contributed by atoms with E-state index in [2.05, 4.69) is 20.3 Å². The molecule has 1 heterocycles. The van der Waals surface area contributed by atoms with Crippen molar-refractivity contribution in [2.75, 3.05) is 0 Å². The Morgan fingerprint density at radius 1 is 1.29 bits per heavy atom. The summed E-state index contributed by atoms with van der Waals surface area (Å²) in [4.78, 5) is 0. The number of hydrogen-bond donors (Lipinski definition) is 2. The van der Waals surface area contributed by atoms with E-state index < -0.39 is 6.61 Å². The van der Waals surface area contributed by atoms with Gasteiger partial charge in [0, 0.05) is 29.4 Å². The van der Waals surface area contributed by atoms with Crippen LogP contribution >= 0.6 is 0 Å². The Hall–Kier alpha value is -1.95. The van der Waals surface area contributed by atoms with Crippen LogP contribution in [0.5, 0.6) is 5.75 Å². The number of halogens is 2. The molecule has 0 radical (unpaired) electrons. The van der Waals surface area contributed by atoms with Gasteiger partial charge in [-0.1, -0.05) is 18.2 Å². The first-order valence-electron chi connectivity index (χ1n) is 6.76. The van der Waals surface area contributed by atoms with Gasteiger partial charge in [-0.3, -0.25) is 5.10 Å². The van der Waals surface area contributed by atoms with Gasteiger partial charge >= 0.3 is 6.61 Å². The molecule has 0 spiro atoms. The number of aromatic nitrogens is 2. The van der Waals surface area contributed by atoms with Crippen LogP contribution in [0.4, 0.5) is 8.78 Å². The largest absolute Gasteiger partial charge is 0.434 e. The van der Waals surface area contributed by atoms with Crippen molar-refractivity contribution in [3.63, 3.8) is 0 Å². The highest BCUT2D eigenvalue weighted by Crippen LogP contribution is 2.26. The third-order valence-corrected chi connectivity index (χ3v) is 3.47. The van der Waals surface area contributed by atoms with Gasteiger partial charge in [0.05, 0.1) is 5.69 Å². The molecule has 2 N–H and O–H groups in total. The second-order valence-electron chi connectivity index (χ2n) is 4.93. The Balaban J connectivity index is 2.08. The molecule has 6 heteroatoms. The molecule has 1 atom stereocenters. The highest BCUT2D eigenvalue weighted by atomic mass is 19.3. The van der Waals surface area contributed by atoms with Gasteiger partial charge in [-0.25, -0.2) is 0 Å². The van der Waals surface area contributed by atoms with E-state index in [0.29, 0.717) is 12.1 Å². The molecule has 1 unspecified atom stereocenters. The van der Waals surface area contributed by atoms with Crippen LogP contribution in [0.1, 0.15) is 35.5 Å². The molecule has 0 aliphatic carbocycles. The fourth-order valence-electron chi connectivity index (χ4n) is 2.24. The number of aromatic amines is 1. The molecule has 0 fully saturated rings. The van der Waals surface area contributed by atoms with Crippen LogP contribution < -0.4 is 10.1 Å². The average molecular weight is 295 g/mol. The number of ether oxygens (including phenoxy) is 1. The second kappa shape index (κ2) is 6.67. The van der Waals surface area contributed by atoms with Crippen LogP contribution in [0, 0.1) is 13.8 Å². The minimum atomic E-state index is -2.82. The highest BCUT2D eigenvalue weighted by Gasteiger charge is 2.15. The molecule has 114 valence electrons. The number of para-hydroxylation sites is 1. The standard InChI is InChI=1S/C15H19F2N3O/c1-9(18-8-13-10(2)19-20-11(13)3)12-6-4-5-7-14(12)21-15(16)17/h4-7,9,15,18H,8H2,1-3H3,(H,19,20). The lowest BCUT2D eigenvalue weighted by molar-refractivity contribution is -0.0506. The van der Waals surface area contributed by atoms with E-state index in [1.807, 2.05) is 20.8 Å². The molecule has 2 rings (SSSR count). The number of aryl methyl sites for hydroxylation is 2. The maximum absolute atomic E-state index is 12.4. The van der Waals surface area contributed by atoms with Gasteiger partial charge < -0.3 is 10.1 Å². The first kappa shape index (κ1) is 15.4. The minimum absolute atomic E-state index is 0.117. The molecule has 21 heavy (non-hydrogen) atoms.